The largest absolute Gasteiger partial charge is 0.416 e. The van der Waals surface area contributed by atoms with Gasteiger partial charge < -0.3 is 5.73 Å². The van der Waals surface area contributed by atoms with Crippen molar-refractivity contribution in [2.45, 2.75) is 45.2 Å². The topological polar surface area (TPSA) is 77.6 Å². The summed E-state index contributed by atoms with van der Waals surface area (Å²) in [6.07, 6.45) is -3.40. The van der Waals surface area contributed by atoms with Crippen molar-refractivity contribution in [2.24, 2.45) is 5.73 Å². The number of halogens is 3. The summed E-state index contributed by atoms with van der Waals surface area (Å²) in [5.74, 6) is 0. The van der Waals surface area contributed by atoms with E-state index in [1.165, 1.54) is 12.1 Å². The molecule has 1 aromatic heterocycles. The fraction of sp³-hybridized carbons (Fsp3) is 0.346. The van der Waals surface area contributed by atoms with E-state index in [0.717, 1.165) is 22.3 Å². The van der Waals surface area contributed by atoms with Crippen LogP contribution >= 0.6 is 0 Å². The van der Waals surface area contributed by atoms with Crippen molar-refractivity contribution in [1.82, 2.24) is 14.0 Å². The number of hydrogen-bond acceptors (Lipinski definition) is 4. The van der Waals surface area contributed by atoms with Crippen LogP contribution in [0.5, 0.6) is 0 Å². The fourth-order valence-corrected chi connectivity index (χ4v) is 4.53. The first-order valence-corrected chi connectivity index (χ1v) is 11.6. The van der Waals surface area contributed by atoms with Crippen LogP contribution in [-0.2, 0) is 38.8 Å². The van der Waals surface area contributed by atoms with Gasteiger partial charge in [-0.05, 0) is 36.2 Å². The number of aromatic nitrogens is 2. The molecule has 2 N–H and O–H groups in total. The van der Waals surface area contributed by atoms with Crippen molar-refractivity contribution in [3.05, 3.63) is 109 Å². The lowest BCUT2D eigenvalue weighted by atomic mass is 10.0. The van der Waals surface area contributed by atoms with Gasteiger partial charge in [0.25, 0.3) is 5.56 Å². The number of rotatable bonds is 7. The standard InChI is InChI=1S/C26H26F3N5O2/c1-31-21-5-2-4-19(14-21)15-32-13-10-23-22(17-32)24(35)34(25(36)33(23)12-3-11-30)16-18-6-8-20(9-7-18)26(27,28)29/h2,4-9,14H,3,10-13,15-17,30H2. The van der Waals surface area contributed by atoms with Gasteiger partial charge in [-0.2, -0.15) is 13.2 Å². The number of nitrogens with zero attached hydrogens (tertiary/aromatic N) is 4. The predicted molar refractivity (Wildman–Crippen MR) is 130 cm³/mol. The number of nitrogens with two attached hydrogens (primary N) is 1. The predicted octanol–water partition coefficient (Wildman–Crippen LogP) is 3.53. The minimum Gasteiger partial charge on any atom is -0.330 e. The molecule has 0 bridgehead atoms. The van der Waals surface area contributed by atoms with Crippen LogP contribution in [0.25, 0.3) is 4.85 Å². The SMILES string of the molecule is [C-]#[N+]c1cccc(CN2CCc3c(c(=O)n(Cc4ccc(C(F)(F)F)cc4)c(=O)n3CCCN)C2)c1. The lowest BCUT2D eigenvalue weighted by Gasteiger charge is -2.30. The summed E-state index contributed by atoms with van der Waals surface area (Å²) < 4.78 is 41.5. The van der Waals surface area contributed by atoms with Gasteiger partial charge in [-0.1, -0.05) is 36.4 Å². The Hall–Kier alpha value is -3.68. The van der Waals surface area contributed by atoms with E-state index in [1.807, 2.05) is 18.2 Å². The third kappa shape index (κ3) is 5.42. The Labute approximate surface area is 206 Å². The maximum atomic E-state index is 13.5. The highest BCUT2D eigenvalue weighted by Crippen LogP contribution is 2.29. The average Bonchev–Trinajstić information content (AvgIpc) is 2.86. The third-order valence-corrected chi connectivity index (χ3v) is 6.34. The Morgan fingerprint density at radius 3 is 2.42 bits per heavy atom. The van der Waals surface area contributed by atoms with Crippen LogP contribution in [0.2, 0.25) is 0 Å². The molecule has 0 saturated heterocycles. The van der Waals surface area contributed by atoms with Crippen molar-refractivity contribution >= 4 is 5.69 Å². The van der Waals surface area contributed by atoms with Crippen molar-refractivity contribution in [3.63, 3.8) is 0 Å². The van der Waals surface area contributed by atoms with Crippen molar-refractivity contribution in [3.8, 4) is 0 Å². The van der Waals surface area contributed by atoms with E-state index in [0.29, 0.717) is 68.1 Å². The van der Waals surface area contributed by atoms with Gasteiger partial charge in [0.2, 0.25) is 0 Å². The molecule has 2 aromatic carbocycles. The first-order chi connectivity index (χ1) is 17.2. The summed E-state index contributed by atoms with van der Waals surface area (Å²) in [5, 5.41) is 0. The lowest BCUT2D eigenvalue weighted by Crippen LogP contribution is -2.47. The van der Waals surface area contributed by atoms with Crippen LogP contribution < -0.4 is 17.0 Å². The van der Waals surface area contributed by atoms with Gasteiger partial charge in [0, 0.05) is 38.3 Å². The first kappa shape index (κ1) is 25.4. The smallest absolute Gasteiger partial charge is 0.330 e. The molecule has 0 amide bonds. The molecule has 10 heteroatoms. The molecule has 0 aliphatic carbocycles. The van der Waals surface area contributed by atoms with Gasteiger partial charge in [0.05, 0.1) is 24.2 Å². The quantitative estimate of drug-likeness (QED) is 0.507. The zero-order chi connectivity index (χ0) is 25.9. The molecule has 1 aliphatic heterocycles. The van der Waals surface area contributed by atoms with Crippen LogP contribution in [0.15, 0.2) is 58.1 Å². The van der Waals surface area contributed by atoms with Gasteiger partial charge in [-0.3, -0.25) is 18.8 Å². The highest BCUT2D eigenvalue weighted by Gasteiger charge is 2.30. The molecule has 0 fully saturated rings. The van der Waals surface area contributed by atoms with Crippen LogP contribution in [0, 0.1) is 6.57 Å². The van der Waals surface area contributed by atoms with Gasteiger partial charge in [0.1, 0.15) is 0 Å². The maximum absolute atomic E-state index is 13.5. The van der Waals surface area contributed by atoms with E-state index in [1.54, 1.807) is 10.6 Å². The summed E-state index contributed by atoms with van der Waals surface area (Å²) in [6, 6.07) is 11.8. The summed E-state index contributed by atoms with van der Waals surface area (Å²) in [5.41, 5.74) is 7.08. The zero-order valence-electron chi connectivity index (χ0n) is 19.6. The van der Waals surface area contributed by atoms with Gasteiger partial charge >= 0.3 is 11.9 Å². The van der Waals surface area contributed by atoms with Crippen LogP contribution in [0.1, 0.15) is 34.4 Å². The molecule has 2 heterocycles. The van der Waals surface area contributed by atoms with Crippen LogP contribution in [-0.4, -0.2) is 27.1 Å². The van der Waals surface area contributed by atoms with E-state index in [-0.39, 0.29) is 6.54 Å². The van der Waals surface area contributed by atoms with Gasteiger partial charge in [-0.25, -0.2) is 9.64 Å². The summed E-state index contributed by atoms with van der Waals surface area (Å²) in [7, 11) is 0. The Morgan fingerprint density at radius 2 is 1.75 bits per heavy atom. The van der Waals surface area contributed by atoms with E-state index >= 15 is 0 Å². The van der Waals surface area contributed by atoms with E-state index in [4.69, 9.17) is 12.3 Å². The Balaban J connectivity index is 1.68. The zero-order valence-corrected chi connectivity index (χ0v) is 19.6. The van der Waals surface area contributed by atoms with E-state index in [2.05, 4.69) is 9.74 Å². The highest BCUT2D eigenvalue weighted by molar-refractivity contribution is 5.46. The molecule has 0 unspecified atom stereocenters. The number of benzene rings is 2. The molecular formula is C26H26F3N5O2. The fourth-order valence-electron chi connectivity index (χ4n) is 4.53. The Kier molecular flexibility index (Phi) is 7.43. The van der Waals surface area contributed by atoms with E-state index in [9.17, 15) is 22.8 Å². The molecule has 1 aliphatic rings. The first-order valence-electron chi connectivity index (χ1n) is 11.6. The summed E-state index contributed by atoms with van der Waals surface area (Å²) >= 11 is 0. The minimum absolute atomic E-state index is 0.126. The molecular weight excluding hydrogens is 471 g/mol. The molecule has 188 valence electrons. The van der Waals surface area contributed by atoms with Crippen LogP contribution in [0.3, 0.4) is 0 Å². The number of hydrogen-bond donors (Lipinski definition) is 1. The van der Waals surface area contributed by atoms with Gasteiger partial charge in [0.15, 0.2) is 5.69 Å². The number of alkyl halides is 3. The second kappa shape index (κ2) is 10.5. The van der Waals surface area contributed by atoms with Crippen molar-refractivity contribution in [1.29, 1.82) is 0 Å². The summed E-state index contributed by atoms with van der Waals surface area (Å²) in [6.45, 7) is 9.33. The number of fused-ring (bicyclic) bond motifs is 1. The monoisotopic (exact) mass is 497 g/mol. The lowest BCUT2D eigenvalue weighted by molar-refractivity contribution is -0.137. The molecule has 3 aromatic rings. The maximum Gasteiger partial charge on any atom is 0.416 e. The van der Waals surface area contributed by atoms with Gasteiger partial charge in [-0.15, -0.1) is 0 Å². The molecule has 0 radical (unpaired) electrons. The summed E-state index contributed by atoms with van der Waals surface area (Å²) in [4.78, 5) is 32.3. The molecule has 0 spiro atoms. The molecule has 7 nitrogen and oxygen atoms in total. The van der Waals surface area contributed by atoms with Crippen molar-refractivity contribution < 1.29 is 13.2 Å². The second-order valence-electron chi connectivity index (χ2n) is 8.83. The van der Waals surface area contributed by atoms with E-state index < -0.39 is 23.0 Å². The third-order valence-electron chi connectivity index (χ3n) is 6.34. The molecule has 4 rings (SSSR count). The minimum atomic E-state index is -4.46. The normalized spacial score (nSPS) is 13.9. The highest BCUT2D eigenvalue weighted by atomic mass is 19.4. The Morgan fingerprint density at radius 1 is 1.00 bits per heavy atom. The average molecular weight is 498 g/mol. The second-order valence-corrected chi connectivity index (χ2v) is 8.83. The Bertz CT molecular complexity index is 1400. The van der Waals surface area contributed by atoms with Crippen LogP contribution in [0.4, 0.5) is 18.9 Å². The van der Waals surface area contributed by atoms with Crippen molar-refractivity contribution in [2.75, 3.05) is 13.1 Å². The molecule has 36 heavy (non-hydrogen) atoms. The molecule has 0 atom stereocenters. The molecule has 0 saturated carbocycles.